The van der Waals surface area contributed by atoms with Crippen molar-refractivity contribution in [2.24, 2.45) is 0 Å². The molecular weight excluding hydrogens is 176 g/mol. The number of hydrogen-bond acceptors (Lipinski definition) is 2. The van der Waals surface area contributed by atoms with Crippen molar-refractivity contribution in [1.29, 1.82) is 0 Å². The van der Waals surface area contributed by atoms with Crippen molar-refractivity contribution < 1.29 is 9.47 Å². The summed E-state index contributed by atoms with van der Waals surface area (Å²) in [7, 11) is 0. The van der Waals surface area contributed by atoms with E-state index < -0.39 is 0 Å². The molecule has 0 bridgehead atoms. The molecule has 1 aromatic carbocycles. The van der Waals surface area contributed by atoms with Gasteiger partial charge in [0, 0.05) is 12.8 Å². The Bertz CT molecular complexity index is 355. The van der Waals surface area contributed by atoms with Gasteiger partial charge in [0.2, 0.25) is 0 Å². The summed E-state index contributed by atoms with van der Waals surface area (Å²) in [5.41, 5.74) is 2.74. The van der Waals surface area contributed by atoms with E-state index in [0.717, 1.165) is 25.2 Å². The second-order valence-corrected chi connectivity index (χ2v) is 4.23. The summed E-state index contributed by atoms with van der Waals surface area (Å²) in [5, 5.41) is 0. The van der Waals surface area contributed by atoms with Crippen LogP contribution in [0.3, 0.4) is 0 Å². The first-order valence-corrected chi connectivity index (χ1v) is 5.21. The third kappa shape index (κ3) is 1.50. The van der Waals surface area contributed by atoms with Gasteiger partial charge in [-0.05, 0) is 24.1 Å². The Morgan fingerprint density at radius 2 is 2.29 bits per heavy atom. The zero-order valence-electron chi connectivity index (χ0n) is 8.32. The first-order chi connectivity index (χ1) is 6.81. The molecule has 1 aromatic rings. The highest BCUT2D eigenvalue weighted by atomic mass is 16.6. The molecule has 2 heteroatoms. The fraction of sp³-hybridized carbons (Fsp3) is 0.500. The van der Waals surface area contributed by atoms with E-state index in [0.29, 0.717) is 12.2 Å². The van der Waals surface area contributed by atoms with Crippen LogP contribution in [0.2, 0.25) is 0 Å². The molecule has 2 heterocycles. The number of epoxide rings is 1. The van der Waals surface area contributed by atoms with Crippen LogP contribution in [0.1, 0.15) is 18.1 Å². The van der Waals surface area contributed by atoms with E-state index in [1.165, 1.54) is 11.1 Å². The van der Waals surface area contributed by atoms with Gasteiger partial charge in [0.05, 0.1) is 12.7 Å². The van der Waals surface area contributed by atoms with Crippen LogP contribution in [0, 0.1) is 0 Å². The monoisotopic (exact) mass is 190 g/mol. The minimum Gasteiger partial charge on any atom is -0.490 e. The highest BCUT2D eigenvalue weighted by Crippen LogP contribution is 2.30. The van der Waals surface area contributed by atoms with Crippen molar-refractivity contribution in [1.82, 2.24) is 0 Å². The summed E-state index contributed by atoms with van der Waals surface area (Å²) in [6, 6.07) is 6.51. The lowest BCUT2D eigenvalue weighted by atomic mass is 10.0. The molecule has 2 unspecified atom stereocenters. The van der Waals surface area contributed by atoms with Gasteiger partial charge in [-0.1, -0.05) is 12.1 Å². The smallest absolute Gasteiger partial charge is 0.123 e. The Balaban J connectivity index is 1.84. The van der Waals surface area contributed by atoms with Gasteiger partial charge in [-0.2, -0.15) is 0 Å². The maximum Gasteiger partial charge on any atom is 0.123 e. The lowest BCUT2D eigenvalue weighted by Gasteiger charge is -2.02. The van der Waals surface area contributed by atoms with Gasteiger partial charge in [-0.15, -0.1) is 0 Å². The summed E-state index contributed by atoms with van der Waals surface area (Å²) >= 11 is 0. The van der Waals surface area contributed by atoms with E-state index in [1.54, 1.807) is 0 Å². The molecule has 0 saturated carbocycles. The molecule has 1 fully saturated rings. The fourth-order valence-electron chi connectivity index (χ4n) is 2.05. The Labute approximate surface area is 83.8 Å². The van der Waals surface area contributed by atoms with Crippen LogP contribution in [0.15, 0.2) is 18.2 Å². The number of benzene rings is 1. The second kappa shape index (κ2) is 2.99. The average molecular weight is 190 g/mol. The molecule has 2 nitrogen and oxygen atoms in total. The highest BCUT2D eigenvalue weighted by molar-refractivity contribution is 5.40. The van der Waals surface area contributed by atoms with Gasteiger partial charge < -0.3 is 9.47 Å². The van der Waals surface area contributed by atoms with Crippen LogP contribution in [0.25, 0.3) is 0 Å². The molecule has 0 amide bonds. The Morgan fingerprint density at radius 1 is 1.43 bits per heavy atom. The first-order valence-electron chi connectivity index (χ1n) is 5.21. The maximum absolute atomic E-state index is 5.65. The van der Waals surface area contributed by atoms with Crippen molar-refractivity contribution in [3.8, 4) is 5.75 Å². The standard InChI is InChI=1S/C12H14O2/c1-8-4-10-5-9(6-11-7-13-11)2-3-12(10)14-8/h2-3,5,8,11H,4,6-7H2,1H3. The third-order valence-electron chi connectivity index (χ3n) is 2.83. The van der Waals surface area contributed by atoms with E-state index in [9.17, 15) is 0 Å². The molecule has 14 heavy (non-hydrogen) atoms. The van der Waals surface area contributed by atoms with E-state index in [4.69, 9.17) is 9.47 Å². The van der Waals surface area contributed by atoms with Crippen LogP contribution in [0.4, 0.5) is 0 Å². The van der Waals surface area contributed by atoms with E-state index in [1.807, 2.05) is 0 Å². The molecule has 2 atom stereocenters. The van der Waals surface area contributed by atoms with Gasteiger partial charge >= 0.3 is 0 Å². The van der Waals surface area contributed by atoms with Gasteiger partial charge in [0.15, 0.2) is 0 Å². The highest BCUT2D eigenvalue weighted by Gasteiger charge is 2.24. The molecule has 0 aromatic heterocycles. The molecule has 74 valence electrons. The number of fused-ring (bicyclic) bond motifs is 1. The van der Waals surface area contributed by atoms with Crippen molar-refractivity contribution in [3.63, 3.8) is 0 Å². The van der Waals surface area contributed by atoms with Crippen LogP contribution >= 0.6 is 0 Å². The quantitative estimate of drug-likeness (QED) is 0.665. The molecule has 0 N–H and O–H groups in total. The van der Waals surface area contributed by atoms with Crippen LogP contribution < -0.4 is 4.74 Å². The molecule has 3 rings (SSSR count). The second-order valence-electron chi connectivity index (χ2n) is 4.23. The molecule has 2 aliphatic rings. The van der Waals surface area contributed by atoms with Crippen molar-refractivity contribution in [2.45, 2.75) is 32.0 Å². The molecule has 0 aliphatic carbocycles. The molecule has 0 radical (unpaired) electrons. The predicted octanol–water partition coefficient (Wildman–Crippen LogP) is 1.95. The van der Waals surface area contributed by atoms with Gasteiger partial charge in [0.1, 0.15) is 11.9 Å². The predicted molar refractivity (Wildman–Crippen MR) is 53.7 cm³/mol. The lowest BCUT2D eigenvalue weighted by Crippen LogP contribution is -2.05. The number of ether oxygens (including phenoxy) is 2. The maximum atomic E-state index is 5.65. The van der Waals surface area contributed by atoms with Crippen LogP contribution in [-0.4, -0.2) is 18.8 Å². The van der Waals surface area contributed by atoms with Crippen LogP contribution in [0.5, 0.6) is 5.75 Å². The largest absolute Gasteiger partial charge is 0.490 e. The molecule has 0 spiro atoms. The summed E-state index contributed by atoms with van der Waals surface area (Å²) in [5.74, 6) is 1.07. The van der Waals surface area contributed by atoms with Crippen molar-refractivity contribution in [2.75, 3.05) is 6.61 Å². The van der Waals surface area contributed by atoms with E-state index in [-0.39, 0.29) is 0 Å². The fourth-order valence-corrected chi connectivity index (χ4v) is 2.05. The minimum atomic E-state index is 0.345. The zero-order chi connectivity index (χ0) is 9.54. The van der Waals surface area contributed by atoms with Gasteiger partial charge in [-0.3, -0.25) is 0 Å². The normalized spacial score (nSPS) is 28.4. The zero-order valence-corrected chi connectivity index (χ0v) is 8.32. The minimum absolute atomic E-state index is 0.345. The summed E-state index contributed by atoms with van der Waals surface area (Å²) in [6.45, 7) is 3.05. The van der Waals surface area contributed by atoms with E-state index in [2.05, 4.69) is 25.1 Å². The third-order valence-corrected chi connectivity index (χ3v) is 2.83. The van der Waals surface area contributed by atoms with Crippen molar-refractivity contribution in [3.05, 3.63) is 29.3 Å². The van der Waals surface area contributed by atoms with E-state index >= 15 is 0 Å². The van der Waals surface area contributed by atoms with Gasteiger partial charge in [-0.25, -0.2) is 0 Å². The van der Waals surface area contributed by atoms with Crippen LogP contribution in [-0.2, 0) is 17.6 Å². The first kappa shape index (κ1) is 8.30. The Kier molecular flexibility index (Phi) is 1.77. The Hall–Kier alpha value is -1.02. The van der Waals surface area contributed by atoms with Crippen molar-refractivity contribution >= 4 is 0 Å². The molecular formula is C12H14O2. The molecule has 1 saturated heterocycles. The number of rotatable bonds is 2. The average Bonchev–Trinajstić information content (AvgIpc) is 2.86. The SMILES string of the molecule is CC1Cc2cc(CC3CO3)ccc2O1. The molecule has 2 aliphatic heterocycles. The van der Waals surface area contributed by atoms with Gasteiger partial charge in [0.25, 0.3) is 0 Å². The summed E-state index contributed by atoms with van der Waals surface area (Å²) < 4.78 is 10.9. The Morgan fingerprint density at radius 3 is 3.07 bits per heavy atom. The number of hydrogen-bond donors (Lipinski definition) is 0. The lowest BCUT2D eigenvalue weighted by molar-refractivity contribution is 0.254. The topological polar surface area (TPSA) is 21.8 Å². The summed E-state index contributed by atoms with van der Waals surface area (Å²) in [4.78, 5) is 0. The summed E-state index contributed by atoms with van der Waals surface area (Å²) in [6.07, 6.45) is 2.93.